The van der Waals surface area contributed by atoms with Gasteiger partial charge >= 0.3 is 0 Å². The van der Waals surface area contributed by atoms with E-state index in [0.29, 0.717) is 5.92 Å². The number of aliphatic hydroxyl groups is 1. The first kappa shape index (κ1) is 11.1. The van der Waals surface area contributed by atoms with E-state index < -0.39 is 0 Å². The van der Waals surface area contributed by atoms with Gasteiger partial charge in [0.05, 0.1) is 0 Å². The molecule has 0 aromatic carbocycles. The second-order valence-corrected chi connectivity index (χ2v) is 3.67. The number of pyridine rings is 1. The highest BCUT2D eigenvalue weighted by atomic mass is 16.3. The van der Waals surface area contributed by atoms with Crippen molar-refractivity contribution in [2.75, 3.05) is 13.2 Å². The lowest BCUT2D eigenvalue weighted by Gasteiger charge is -2.10. The minimum Gasteiger partial charge on any atom is -0.396 e. The van der Waals surface area contributed by atoms with Gasteiger partial charge in [-0.3, -0.25) is 4.98 Å². The summed E-state index contributed by atoms with van der Waals surface area (Å²) in [6.45, 7) is 5.92. The van der Waals surface area contributed by atoms with E-state index in [1.807, 2.05) is 19.9 Å². The lowest BCUT2D eigenvalue weighted by molar-refractivity contribution is 0.233. The molecule has 14 heavy (non-hydrogen) atoms. The van der Waals surface area contributed by atoms with Crippen LogP contribution in [0.1, 0.15) is 18.2 Å². The molecule has 1 aromatic heterocycles. The normalized spacial score (nSPS) is 12.8. The summed E-state index contributed by atoms with van der Waals surface area (Å²) in [6, 6.07) is 4.01. The van der Waals surface area contributed by atoms with Crippen LogP contribution in [0.15, 0.2) is 18.3 Å². The maximum Gasteiger partial charge on any atom is 0.0468 e. The molecule has 0 saturated carbocycles. The van der Waals surface area contributed by atoms with Crippen molar-refractivity contribution in [3.63, 3.8) is 0 Å². The van der Waals surface area contributed by atoms with Crippen LogP contribution in [0.4, 0.5) is 0 Å². The first-order chi connectivity index (χ1) is 6.74. The number of hydrogen-bond acceptors (Lipinski definition) is 3. The van der Waals surface area contributed by atoms with Crippen LogP contribution >= 0.6 is 0 Å². The molecule has 2 N–H and O–H groups in total. The van der Waals surface area contributed by atoms with Crippen LogP contribution in [0.25, 0.3) is 0 Å². The smallest absolute Gasteiger partial charge is 0.0468 e. The Balaban J connectivity index is 2.35. The molecular formula is C11H18N2O. The van der Waals surface area contributed by atoms with Crippen molar-refractivity contribution < 1.29 is 5.11 Å². The first-order valence-corrected chi connectivity index (χ1v) is 4.96. The molecule has 0 spiro atoms. The van der Waals surface area contributed by atoms with Crippen LogP contribution in [-0.4, -0.2) is 23.2 Å². The van der Waals surface area contributed by atoms with E-state index in [0.717, 1.165) is 18.8 Å². The summed E-state index contributed by atoms with van der Waals surface area (Å²) < 4.78 is 0. The van der Waals surface area contributed by atoms with Crippen LogP contribution in [-0.2, 0) is 6.54 Å². The summed E-state index contributed by atoms with van der Waals surface area (Å²) in [5.74, 6) is 0.312. The molecule has 1 unspecified atom stereocenters. The molecule has 0 radical (unpaired) electrons. The number of nitrogens with one attached hydrogen (secondary N) is 1. The van der Waals surface area contributed by atoms with E-state index in [9.17, 15) is 0 Å². The van der Waals surface area contributed by atoms with Crippen LogP contribution < -0.4 is 5.32 Å². The van der Waals surface area contributed by atoms with Crippen molar-refractivity contribution in [3.05, 3.63) is 29.6 Å². The molecule has 0 amide bonds. The van der Waals surface area contributed by atoms with Crippen LogP contribution in [0, 0.1) is 12.8 Å². The zero-order valence-corrected chi connectivity index (χ0v) is 8.83. The SMILES string of the molecule is Cc1ncccc1CNCC(C)CO. The monoisotopic (exact) mass is 194 g/mol. The van der Waals surface area contributed by atoms with Gasteiger partial charge in [-0.25, -0.2) is 0 Å². The summed E-state index contributed by atoms with van der Waals surface area (Å²) in [5, 5.41) is 12.1. The summed E-state index contributed by atoms with van der Waals surface area (Å²) in [6.07, 6.45) is 1.80. The number of aliphatic hydroxyl groups excluding tert-OH is 1. The van der Waals surface area contributed by atoms with E-state index in [-0.39, 0.29) is 6.61 Å². The molecule has 1 atom stereocenters. The molecule has 0 saturated heterocycles. The maximum absolute atomic E-state index is 8.83. The largest absolute Gasteiger partial charge is 0.396 e. The van der Waals surface area contributed by atoms with Crippen LogP contribution in [0.5, 0.6) is 0 Å². The molecule has 1 rings (SSSR count). The molecule has 1 heterocycles. The Morgan fingerprint density at radius 3 is 3.00 bits per heavy atom. The Kier molecular flexibility index (Phi) is 4.56. The molecule has 3 nitrogen and oxygen atoms in total. The molecule has 3 heteroatoms. The van der Waals surface area contributed by atoms with Crippen molar-refractivity contribution in [1.82, 2.24) is 10.3 Å². The highest BCUT2D eigenvalue weighted by Crippen LogP contribution is 2.02. The first-order valence-electron chi connectivity index (χ1n) is 4.96. The van der Waals surface area contributed by atoms with Gasteiger partial charge in [0.2, 0.25) is 0 Å². The third kappa shape index (κ3) is 3.44. The number of aryl methyl sites for hydroxylation is 1. The average Bonchev–Trinajstić information content (AvgIpc) is 2.20. The third-order valence-corrected chi connectivity index (χ3v) is 2.24. The molecule has 0 aliphatic heterocycles. The lowest BCUT2D eigenvalue weighted by Crippen LogP contribution is -2.23. The molecule has 0 aliphatic rings. The highest BCUT2D eigenvalue weighted by Gasteiger charge is 2.00. The van der Waals surface area contributed by atoms with Gasteiger partial charge in [-0.1, -0.05) is 13.0 Å². The van der Waals surface area contributed by atoms with E-state index >= 15 is 0 Å². The van der Waals surface area contributed by atoms with Gasteiger partial charge in [0.25, 0.3) is 0 Å². The molecular weight excluding hydrogens is 176 g/mol. The fraction of sp³-hybridized carbons (Fsp3) is 0.545. The fourth-order valence-corrected chi connectivity index (χ4v) is 1.22. The van der Waals surface area contributed by atoms with E-state index in [1.54, 1.807) is 6.20 Å². The minimum atomic E-state index is 0.235. The van der Waals surface area contributed by atoms with E-state index in [4.69, 9.17) is 5.11 Å². The van der Waals surface area contributed by atoms with Gasteiger partial charge in [-0.15, -0.1) is 0 Å². The van der Waals surface area contributed by atoms with Gasteiger partial charge in [-0.2, -0.15) is 0 Å². The van der Waals surface area contributed by atoms with E-state index in [2.05, 4.69) is 16.4 Å². The van der Waals surface area contributed by atoms with Gasteiger partial charge < -0.3 is 10.4 Å². The molecule has 0 fully saturated rings. The summed E-state index contributed by atoms with van der Waals surface area (Å²) in [7, 11) is 0. The summed E-state index contributed by atoms with van der Waals surface area (Å²) in [5.41, 5.74) is 2.29. The second-order valence-electron chi connectivity index (χ2n) is 3.67. The molecule has 78 valence electrons. The number of rotatable bonds is 5. The summed E-state index contributed by atoms with van der Waals surface area (Å²) >= 11 is 0. The molecule has 0 bridgehead atoms. The Bertz CT molecular complexity index is 276. The van der Waals surface area contributed by atoms with Crippen LogP contribution in [0.3, 0.4) is 0 Å². The van der Waals surface area contributed by atoms with E-state index in [1.165, 1.54) is 5.56 Å². The van der Waals surface area contributed by atoms with Crippen LogP contribution in [0.2, 0.25) is 0 Å². The number of hydrogen-bond donors (Lipinski definition) is 2. The maximum atomic E-state index is 8.83. The standard InChI is InChI=1S/C11H18N2O/c1-9(8-14)6-12-7-11-4-3-5-13-10(11)2/h3-5,9,12,14H,6-8H2,1-2H3. The van der Waals surface area contributed by atoms with Gasteiger partial charge in [0.15, 0.2) is 0 Å². The van der Waals surface area contributed by atoms with Crippen molar-refractivity contribution >= 4 is 0 Å². The second kappa shape index (κ2) is 5.73. The van der Waals surface area contributed by atoms with Crippen molar-refractivity contribution in [2.45, 2.75) is 20.4 Å². The highest BCUT2D eigenvalue weighted by molar-refractivity contribution is 5.17. The Morgan fingerprint density at radius 1 is 1.57 bits per heavy atom. The van der Waals surface area contributed by atoms with Gasteiger partial charge in [0.1, 0.15) is 0 Å². The number of nitrogens with zero attached hydrogens (tertiary/aromatic N) is 1. The Hall–Kier alpha value is -0.930. The fourth-order valence-electron chi connectivity index (χ4n) is 1.22. The zero-order chi connectivity index (χ0) is 10.4. The Morgan fingerprint density at radius 2 is 2.36 bits per heavy atom. The predicted octanol–water partition coefficient (Wildman–Crippen LogP) is 1.11. The predicted molar refractivity (Wildman–Crippen MR) is 56.9 cm³/mol. The topological polar surface area (TPSA) is 45.2 Å². The molecule has 0 aliphatic carbocycles. The van der Waals surface area contributed by atoms with Crippen molar-refractivity contribution in [3.8, 4) is 0 Å². The Labute approximate surface area is 85.2 Å². The number of aromatic nitrogens is 1. The summed E-state index contributed by atoms with van der Waals surface area (Å²) in [4.78, 5) is 4.21. The quantitative estimate of drug-likeness (QED) is 0.738. The lowest BCUT2D eigenvalue weighted by atomic mass is 10.2. The van der Waals surface area contributed by atoms with Crippen molar-refractivity contribution in [1.29, 1.82) is 0 Å². The minimum absolute atomic E-state index is 0.235. The zero-order valence-electron chi connectivity index (χ0n) is 8.83. The average molecular weight is 194 g/mol. The molecule has 1 aromatic rings. The third-order valence-electron chi connectivity index (χ3n) is 2.24. The van der Waals surface area contributed by atoms with Gasteiger partial charge in [-0.05, 0) is 24.5 Å². The van der Waals surface area contributed by atoms with Crippen molar-refractivity contribution in [2.24, 2.45) is 5.92 Å². The van der Waals surface area contributed by atoms with Gasteiger partial charge in [0, 0.05) is 31.6 Å².